The Hall–Kier alpha value is -1.30. The van der Waals surface area contributed by atoms with Gasteiger partial charge in [0.25, 0.3) is 0 Å². The normalized spacial score (nSPS) is 24.9. The molecule has 2 atom stereocenters. The third kappa shape index (κ3) is 3.06. The summed E-state index contributed by atoms with van der Waals surface area (Å²) in [6, 6.07) is -0.300. The molecule has 1 saturated carbocycles. The van der Waals surface area contributed by atoms with Crippen LogP contribution in [0.25, 0.3) is 0 Å². The third-order valence-electron chi connectivity index (χ3n) is 4.71. The molecule has 0 aromatic rings. The maximum Gasteiger partial charge on any atom is 0.329 e. The number of carbonyl (C=O) groups is 2. The lowest BCUT2D eigenvalue weighted by Gasteiger charge is -2.36. The monoisotopic (exact) mass is 284 g/mol. The number of carboxylic acids is 1. The van der Waals surface area contributed by atoms with E-state index in [9.17, 15) is 19.8 Å². The van der Waals surface area contributed by atoms with Gasteiger partial charge in [-0.3, -0.25) is 0 Å². The third-order valence-corrected chi connectivity index (χ3v) is 4.71. The van der Waals surface area contributed by atoms with E-state index in [-0.39, 0.29) is 24.0 Å². The van der Waals surface area contributed by atoms with Crippen molar-refractivity contribution in [2.45, 2.75) is 51.2 Å². The number of carboxylic acid groups (broad SMARTS) is 1. The van der Waals surface area contributed by atoms with Crippen molar-refractivity contribution in [2.75, 3.05) is 13.1 Å². The molecule has 20 heavy (non-hydrogen) atoms. The van der Waals surface area contributed by atoms with Crippen LogP contribution in [0, 0.1) is 11.8 Å². The van der Waals surface area contributed by atoms with E-state index in [0.29, 0.717) is 13.1 Å². The summed E-state index contributed by atoms with van der Waals surface area (Å²) in [6.07, 6.45) is 2.88. The van der Waals surface area contributed by atoms with Crippen molar-refractivity contribution in [3.05, 3.63) is 0 Å². The van der Waals surface area contributed by atoms with Crippen molar-refractivity contribution in [1.29, 1.82) is 0 Å². The van der Waals surface area contributed by atoms with Crippen LogP contribution in [-0.2, 0) is 4.79 Å². The molecule has 2 aliphatic rings. The predicted octanol–water partition coefficient (Wildman–Crippen LogP) is 1.04. The van der Waals surface area contributed by atoms with Gasteiger partial charge in [-0.05, 0) is 51.4 Å². The van der Waals surface area contributed by atoms with Crippen LogP contribution >= 0.6 is 0 Å². The molecule has 0 aromatic heterocycles. The standard InChI is InChI=1S/C14H24N2O4/c1-9(17)10-5-7-16(8-6-10)13(20)15-14(2,12(18)19)11-3-4-11/h9-11,17H,3-8H2,1-2H3,(H,15,20)(H,18,19). The first-order valence-corrected chi connectivity index (χ1v) is 7.33. The number of amides is 2. The summed E-state index contributed by atoms with van der Waals surface area (Å²) in [4.78, 5) is 25.3. The number of likely N-dealkylation sites (tertiary alicyclic amines) is 1. The molecular formula is C14H24N2O4. The van der Waals surface area contributed by atoms with Gasteiger partial charge < -0.3 is 20.4 Å². The number of hydrogen-bond donors (Lipinski definition) is 3. The Balaban J connectivity index is 1.90. The second-order valence-corrected chi connectivity index (χ2v) is 6.28. The fourth-order valence-electron chi connectivity index (χ4n) is 2.88. The van der Waals surface area contributed by atoms with Gasteiger partial charge in [0.1, 0.15) is 5.54 Å². The number of rotatable bonds is 4. The summed E-state index contributed by atoms with van der Waals surface area (Å²) in [5.41, 5.74) is -1.15. The highest BCUT2D eigenvalue weighted by molar-refractivity contribution is 5.86. The van der Waals surface area contributed by atoms with E-state index in [1.807, 2.05) is 0 Å². The van der Waals surface area contributed by atoms with Crippen molar-refractivity contribution < 1.29 is 19.8 Å². The van der Waals surface area contributed by atoms with Gasteiger partial charge in [0.2, 0.25) is 0 Å². The van der Waals surface area contributed by atoms with Crippen LogP contribution in [0.15, 0.2) is 0 Å². The Morgan fingerprint density at radius 3 is 2.20 bits per heavy atom. The Morgan fingerprint density at radius 1 is 1.25 bits per heavy atom. The molecular weight excluding hydrogens is 260 g/mol. The molecule has 0 bridgehead atoms. The van der Waals surface area contributed by atoms with Crippen molar-refractivity contribution in [1.82, 2.24) is 10.2 Å². The molecule has 1 aliphatic carbocycles. The van der Waals surface area contributed by atoms with Crippen LogP contribution in [0.2, 0.25) is 0 Å². The van der Waals surface area contributed by atoms with E-state index in [0.717, 1.165) is 25.7 Å². The average Bonchev–Trinajstić information content (AvgIpc) is 3.23. The molecule has 2 fully saturated rings. The number of aliphatic hydroxyl groups is 1. The SMILES string of the molecule is CC(O)C1CCN(C(=O)NC(C)(C(=O)O)C2CC2)CC1. The summed E-state index contributed by atoms with van der Waals surface area (Å²) >= 11 is 0. The van der Waals surface area contributed by atoms with E-state index >= 15 is 0 Å². The number of nitrogens with one attached hydrogen (secondary N) is 1. The molecule has 1 heterocycles. The molecule has 1 aliphatic heterocycles. The van der Waals surface area contributed by atoms with Crippen LogP contribution < -0.4 is 5.32 Å². The molecule has 0 spiro atoms. The van der Waals surface area contributed by atoms with Gasteiger partial charge in [-0.1, -0.05) is 0 Å². The second kappa shape index (κ2) is 5.60. The molecule has 6 heteroatoms. The molecule has 3 N–H and O–H groups in total. The summed E-state index contributed by atoms with van der Waals surface area (Å²) < 4.78 is 0. The Labute approximate surface area is 119 Å². The van der Waals surface area contributed by atoms with Gasteiger partial charge in [-0.15, -0.1) is 0 Å². The number of aliphatic hydroxyl groups excluding tert-OH is 1. The average molecular weight is 284 g/mol. The lowest BCUT2D eigenvalue weighted by molar-refractivity contribution is -0.144. The number of hydrogen-bond acceptors (Lipinski definition) is 3. The number of carbonyl (C=O) groups excluding carboxylic acids is 1. The van der Waals surface area contributed by atoms with Gasteiger partial charge >= 0.3 is 12.0 Å². The van der Waals surface area contributed by atoms with Gasteiger partial charge in [-0.2, -0.15) is 0 Å². The topological polar surface area (TPSA) is 89.9 Å². The molecule has 6 nitrogen and oxygen atoms in total. The fourth-order valence-corrected chi connectivity index (χ4v) is 2.88. The van der Waals surface area contributed by atoms with Crippen LogP contribution in [0.3, 0.4) is 0 Å². The molecule has 0 aromatic carbocycles. The molecule has 1 saturated heterocycles. The summed E-state index contributed by atoms with van der Waals surface area (Å²) in [7, 11) is 0. The Kier molecular flexibility index (Phi) is 4.22. The molecule has 0 radical (unpaired) electrons. The summed E-state index contributed by atoms with van der Waals surface area (Å²) in [5.74, 6) is -0.695. The van der Waals surface area contributed by atoms with E-state index < -0.39 is 11.5 Å². The molecule has 114 valence electrons. The highest BCUT2D eigenvalue weighted by Crippen LogP contribution is 2.39. The zero-order valence-corrected chi connectivity index (χ0v) is 12.1. The van der Waals surface area contributed by atoms with Crippen LogP contribution in [0.4, 0.5) is 4.79 Å². The minimum absolute atomic E-state index is 0.0407. The number of nitrogens with zero attached hydrogens (tertiary/aromatic N) is 1. The molecule has 2 unspecified atom stereocenters. The second-order valence-electron chi connectivity index (χ2n) is 6.28. The van der Waals surface area contributed by atoms with Crippen LogP contribution in [0.5, 0.6) is 0 Å². The predicted molar refractivity (Wildman–Crippen MR) is 73.3 cm³/mol. The lowest BCUT2D eigenvalue weighted by Crippen LogP contribution is -2.58. The number of aliphatic carboxylic acids is 1. The lowest BCUT2D eigenvalue weighted by atomic mass is 9.92. The first-order valence-electron chi connectivity index (χ1n) is 7.33. The molecule has 2 rings (SSSR count). The first-order chi connectivity index (χ1) is 9.34. The van der Waals surface area contributed by atoms with E-state index in [4.69, 9.17) is 0 Å². The van der Waals surface area contributed by atoms with Crippen molar-refractivity contribution >= 4 is 12.0 Å². The highest BCUT2D eigenvalue weighted by atomic mass is 16.4. The maximum atomic E-state index is 12.2. The minimum atomic E-state index is -1.15. The Bertz CT molecular complexity index is 387. The molecule has 2 amide bonds. The van der Waals surface area contributed by atoms with E-state index in [1.54, 1.807) is 18.7 Å². The van der Waals surface area contributed by atoms with Crippen molar-refractivity contribution in [2.24, 2.45) is 11.8 Å². The summed E-state index contributed by atoms with van der Waals surface area (Å²) in [5, 5.41) is 21.6. The fraction of sp³-hybridized carbons (Fsp3) is 0.857. The Morgan fingerprint density at radius 2 is 1.80 bits per heavy atom. The minimum Gasteiger partial charge on any atom is -0.480 e. The van der Waals surface area contributed by atoms with Crippen molar-refractivity contribution in [3.63, 3.8) is 0 Å². The number of piperidine rings is 1. The first kappa shape index (κ1) is 15.1. The van der Waals surface area contributed by atoms with Crippen molar-refractivity contribution in [3.8, 4) is 0 Å². The zero-order chi connectivity index (χ0) is 14.9. The van der Waals surface area contributed by atoms with Gasteiger partial charge in [0.05, 0.1) is 6.10 Å². The quantitative estimate of drug-likeness (QED) is 0.719. The van der Waals surface area contributed by atoms with Gasteiger partial charge in [0, 0.05) is 13.1 Å². The number of urea groups is 1. The van der Waals surface area contributed by atoms with E-state index in [1.165, 1.54) is 0 Å². The largest absolute Gasteiger partial charge is 0.480 e. The van der Waals surface area contributed by atoms with Crippen LogP contribution in [-0.4, -0.2) is 51.8 Å². The van der Waals surface area contributed by atoms with Gasteiger partial charge in [0.15, 0.2) is 0 Å². The zero-order valence-electron chi connectivity index (χ0n) is 12.1. The smallest absolute Gasteiger partial charge is 0.329 e. The van der Waals surface area contributed by atoms with Crippen LogP contribution in [0.1, 0.15) is 39.5 Å². The van der Waals surface area contributed by atoms with Gasteiger partial charge in [-0.25, -0.2) is 9.59 Å². The summed E-state index contributed by atoms with van der Waals surface area (Å²) in [6.45, 7) is 4.51. The maximum absolute atomic E-state index is 12.2. The highest BCUT2D eigenvalue weighted by Gasteiger charge is 2.49. The van der Waals surface area contributed by atoms with E-state index in [2.05, 4.69) is 5.32 Å².